The quantitative estimate of drug-likeness (QED) is 0.340. The van der Waals surface area contributed by atoms with Gasteiger partial charge in [-0.15, -0.1) is 0 Å². The molecule has 0 bridgehead atoms. The summed E-state index contributed by atoms with van der Waals surface area (Å²) >= 11 is 3.46. The number of imidazole rings is 1. The summed E-state index contributed by atoms with van der Waals surface area (Å²) < 4.78 is 14.0. The highest BCUT2D eigenvalue weighted by Gasteiger charge is 2.36. The van der Waals surface area contributed by atoms with E-state index in [1.54, 1.807) is 22.1 Å². The van der Waals surface area contributed by atoms with E-state index >= 15 is 0 Å². The standard InChI is InChI=1S/C25H20BrN5O4/c26-17-2-4-18(5-3-17)31-12-19(23(29-31)16-8-10-34-13-16)24-30(22(32)14-35-24)9-7-15-1-6-20-21(11-15)28-25(33)27-20/h1-6,8,10-13,24H,7,9,14H2,(H2,27,28,33)/t24-/m0/s1. The predicted octanol–water partition coefficient (Wildman–Crippen LogP) is 4.16. The van der Waals surface area contributed by atoms with E-state index in [1.165, 1.54) is 0 Å². The topological polar surface area (TPSA) is 109 Å². The number of aromatic nitrogens is 4. The summed E-state index contributed by atoms with van der Waals surface area (Å²) in [4.78, 5) is 31.6. The molecule has 176 valence electrons. The third kappa shape index (κ3) is 4.11. The molecule has 0 spiro atoms. The largest absolute Gasteiger partial charge is 0.472 e. The van der Waals surface area contributed by atoms with Crippen molar-refractivity contribution in [3.05, 3.63) is 93.3 Å². The van der Waals surface area contributed by atoms with Crippen LogP contribution in [0.5, 0.6) is 0 Å². The highest BCUT2D eigenvalue weighted by atomic mass is 79.9. The summed E-state index contributed by atoms with van der Waals surface area (Å²) in [7, 11) is 0. The zero-order chi connectivity index (χ0) is 23.9. The molecule has 1 atom stereocenters. The predicted molar refractivity (Wildman–Crippen MR) is 132 cm³/mol. The van der Waals surface area contributed by atoms with Gasteiger partial charge in [-0.2, -0.15) is 5.10 Å². The molecule has 0 aliphatic carbocycles. The van der Waals surface area contributed by atoms with Crippen molar-refractivity contribution in [2.75, 3.05) is 13.2 Å². The lowest BCUT2D eigenvalue weighted by molar-refractivity contribution is -0.128. The number of nitrogens with one attached hydrogen (secondary N) is 2. The smallest absolute Gasteiger partial charge is 0.323 e. The number of benzene rings is 2. The van der Waals surface area contributed by atoms with Gasteiger partial charge in [-0.1, -0.05) is 22.0 Å². The molecule has 35 heavy (non-hydrogen) atoms. The molecular weight excluding hydrogens is 514 g/mol. The van der Waals surface area contributed by atoms with Gasteiger partial charge in [0.05, 0.1) is 29.2 Å². The van der Waals surface area contributed by atoms with Crippen molar-refractivity contribution in [3.8, 4) is 16.9 Å². The number of amides is 1. The second kappa shape index (κ2) is 8.71. The van der Waals surface area contributed by atoms with Crippen LogP contribution in [0.25, 0.3) is 28.0 Å². The van der Waals surface area contributed by atoms with Crippen LogP contribution in [0.1, 0.15) is 17.4 Å². The summed E-state index contributed by atoms with van der Waals surface area (Å²) in [6, 6.07) is 15.4. The first-order chi connectivity index (χ1) is 17.0. The average Bonchev–Trinajstić information content (AvgIpc) is 3.63. The van der Waals surface area contributed by atoms with Crippen molar-refractivity contribution >= 4 is 32.9 Å². The fourth-order valence-corrected chi connectivity index (χ4v) is 4.62. The van der Waals surface area contributed by atoms with Gasteiger partial charge >= 0.3 is 5.69 Å². The molecule has 6 rings (SSSR count). The molecule has 10 heteroatoms. The maximum atomic E-state index is 12.8. The van der Waals surface area contributed by atoms with Crippen LogP contribution in [-0.4, -0.2) is 43.7 Å². The number of halogens is 1. The number of furan rings is 1. The van der Waals surface area contributed by atoms with Gasteiger partial charge in [0.1, 0.15) is 12.3 Å². The normalized spacial score (nSPS) is 16.0. The van der Waals surface area contributed by atoms with Crippen LogP contribution in [0.15, 0.2) is 80.9 Å². The van der Waals surface area contributed by atoms with Crippen LogP contribution in [-0.2, 0) is 16.0 Å². The van der Waals surface area contributed by atoms with E-state index < -0.39 is 6.23 Å². The first kappa shape index (κ1) is 21.6. The number of rotatable bonds is 6. The maximum Gasteiger partial charge on any atom is 0.323 e. The van der Waals surface area contributed by atoms with E-state index in [1.807, 2.05) is 54.7 Å². The van der Waals surface area contributed by atoms with Crippen molar-refractivity contribution in [1.82, 2.24) is 24.6 Å². The molecule has 5 aromatic rings. The summed E-state index contributed by atoms with van der Waals surface area (Å²) in [6.45, 7) is 0.459. The molecule has 1 aliphatic rings. The maximum absolute atomic E-state index is 12.8. The molecule has 0 radical (unpaired) electrons. The van der Waals surface area contributed by atoms with Crippen molar-refractivity contribution < 1.29 is 13.9 Å². The van der Waals surface area contributed by atoms with Gasteiger partial charge in [0.15, 0.2) is 6.23 Å². The van der Waals surface area contributed by atoms with Crippen LogP contribution in [0, 0.1) is 0 Å². The molecule has 4 heterocycles. The second-order valence-corrected chi connectivity index (χ2v) is 9.24. The van der Waals surface area contributed by atoms with Crippen LogP contribution < -0.4 is 5.69 Å². The number of ether oxygens (including phenoxy) is 1. The third-order valence-electron chi connectivity index (χ3n) is 6.08. The Labute approximate surface area is 207 Å². The Morgan fingerprint density at radius 2 is 1.89 bits per heavy atom. The Kier molecular flexibility index (Phi) is 5.39. The number of carbonyl (C=O) groups excluding carboxylic acids is 1. The Hall–Kier alpha value is -3.89. The monoisotopic (exact) mass is 533 g/mol. The number of carbonyl (C=O) groups is 1. The van der Waals surface area contributed by atoms with E-state index in [4.69, 9.17) is 14.3 Å². The zero-order valence-electron chi connectivity index (χ0n) is 18.4. The molecule has 1 amide bonds. The molecule has 0 saturated carbocycles. The van der Waals surface area contributed by atoms with E-state index in [2.05, 4.69) is 25.9 Å². The summed E-state index contributed by atoms with van der Waals surface area (Å²) in [5.41, 5.74) is 5.42. The number of hydrogen-bond acceptors (Lipinski definition) is 5. The van der Waals surface area contributed by atoms with Crippen LogP contribution in [0.4, 0.5) is 0 Å². The number of aromatic amines is 2. The molecule has 1 saturated heterocycles. The Morgan fingerprint density at radius 3 is 2.69 bits per heavy atom. The van der Waals surface area contributed by atoms with Gasteiger partial charge in [-0.3, -0.25) is 4.79 Å². The molecule has 0 unspecified atom stereocenters. The van der Waals surface area contributed by atoms with E-state index in [9.17, 15) is 9.59 Å². The number of H-pyrrole nitrogens is 2. The summed E-state index contributed by atoms with van der Waals surface area (Å²) in [5, 5.41) is 4.80. The van der Waals surface area contributed by atoms with Crippen LogP contribution in [0.3, 0.4) is 0 Å². The second-order valence-electron chi connectivity index (χ2n) is 8.33. The molecule has 1 fully saturated rings. The number of hydrogen-bond donors (Lipinski definition) is 2. The molecule has 1 aliphatic heterocycles. The lowest BCUT2D eigenvalue weighted by atomic mass is 10.1. The van der Waals surface area contributed by atoms with Gasteiger partial charge in [0, 0.05) is 28.3 Å². The highest BCUT2D eigenvalue weighted by Crippen LogP contribution is 2.35. The minimum absolute atomic E-state index is 0.00310. The molecular formula is C25H20BrN5O4. The molecule has 2 aromatic carbocycles. The summed E-state index contributed by atoms with van der Waals surface area (Å²) in [6.07, 6.45) is 5.16. The first-order valence-electron chi connectivity index (χ1n) is 11.1. The Balaban J connectivity index is 1.32. The third-order valence-corrected chi connectivity index (χ3v) is 6.61. The van der Waals surface area contributed by atoms with Gasteiger partial charge in [-0.05, 0) is 54.4 Å². The van der Waals surface area contributed by atoms with Crippen LogP contribution in [0.2, 0.25) is 0 Å². The summed E-state index contributed by atoms with van der Waals surface area (Å²) in [5.74, 6) is -0.0827. The molecule has 3 aromatic heterocycles. The molecule has 9 nitrogen and oxygen atoms in total. The first-order valence-corrected chi connectivity index (χ1v) is 11.8. The lowest BCUT2D eigenvalue weighted by Gasteiger charge is -2.23. The van der Waals surface area contributed by atoms with Crippen molar-refractivity contribution in [3.63, 3.8) is 0 Å². The van der Waals surface area contributed by atoms with Gasteiger partial charge in [-0.25, -0.2) is 9.48 Å². The number of nitrogens with zero attached hydrogens (tertiary/aromatic N) is 3. The molecule has 2 N–H and O–H groups in total. The van der Waals surface area contributed by atoms with Crippen molar-refractivity contribution in [2.45, 2.75) is 12.6 Å². The Morgan fingerprint density at radius 1 is 1.06 bits per heavy atom. The SMILES string of the molecule is O=C1CO[C@@H](c2cn(-c3ccc(Br)cc3)nc2-c2ccoc2)N1CCc1ccc2[nH]c(=O)[nH]c2c1. The van der Waals surface area contributed by atoms with Gasteiger partial charge < -0.3 is 24.0 Å². The lowest BCUT2D eigenvalue weighted by Crippen LogP contribution is -2.30. The van der Waals surface area contributed by atoms with Gasteiger partial charge in [0.2, 0.25) is 0 Å². The van der Waals surface area contributed by atoms with E-state index in [0.717, 1.165) is 37.9 Å². The Bertz CT molecular complexity index is 1570. The zero-order valence-corrected chi connectivity index (χ0v) is 20.0. The fraction of sp³-hybridized carbons (Fsp3) is 0.160. The van der Waals surface area contributed by atoms with Crippen LogP contribution >= 0.6 is 15.9 Å². The highest BCUT2D eigenvalue weighted by molar-refractivity contribution is 9.10. The average molecular weight is 534 g/mol. The number of fused-ring (bicyclic) bond motifs is 1. The van der Waals surface area contributed by atoms with Crippen molar-refractivity contribution in [1.29, 1.82) is 0 Å². The van der Waals surface area contributed by atoms with E-state index in [0.29, 0.717) is 18.7 Å². The van der Waals surface area contributed by atoms with Gasteiger partial charge in [0.25, 0.3) is 5.91 Å². The van der Waals surface area contributed by atoms with Crippen molar-refractivity contribution in [2.24, 2.45) is 0 Å². The minimum Gasteiger partial charge on any atom is -0.472 e. The fourth-order valence-electron chi connectivity index (χ4n) is 4.36. The minimum atomic E-state index is -0.576. The van der Waals surface area contributed by atoms with E-state index in [-0.39, 0.29) is 18.2 Å².